The van der Waals surface area contributed by atoms with E-state index in [0.29, 0.717) is 18.3 Å². The lowest BCUT2D eigenvalue weighted by Gasteiger charge is -2.40. The summed E-state index contributed by atoms with van der Waals surface area (Å²) in [4.78, 5) is 22.8. The van der Waals surface area contributed by atoms with E-state index in [4.69, 9.17) is 9.84 Å². The third-order valence-corrected chi connectivity index (χ3v) is 4.69. The van der Waals surface area contributed by atoms with Gasteiger partial charge in [-0.2, -0.15) is 0 Å². The number of aliphatic carboxylic acids is 1. The summed E-state index contributed by atoms with van der Waals surface area (Å²) in [6.45, 7) is 0.255. The first-order chi connectivity index (χ1) is 10.1. The van der Waals surface area contributed by atoms with Crippen LogP contribution in [-0.4, -0.2) is 23.2 Å². The van der Waals surface area contributed by atoms with Gasteiger partial charge in [0.15, 0.2) is 0 Å². The quantitative estimate of drug-likeness (QED) is 0.892. The maximum absolute atomic E-state index is 11.8. The fraction of sp³-hybridized carbons (Fsp3) is 0.500. The number of amides is 1. The molecule has 2 aliphatic carbocycles. The molecule has 1 amide bonds. The van der Waals surface area contributed by atoms with Gasteiger partial charge in [0.1, 0.15) is 6.61 Å². The Morgan fingerprint density at radius 2 is 1.95 bits per heavy atom. The van der Waals surface area contributed by atoms with Gasteiger partial charge in [0.05, 0.1) is 5.92 Å². The van der Waals surface area contributed by atoms with Crippen molar-refractivity contribution in [3.63, 3.8) is 0 Å². The zero-order valence-electron chi connectivity index (χ0n) is 11.7. The highest BCUT2D eigenvalue weighted by atomic mass is 16.5. The van der Waals surface area contributed by atoms with Crippen molar-refractivity contribution in [2.24, 2.45) is 17.8 Å². The van der Waals surface area contributed by atoms with Crippen LogP contribution in [0.5, 0.6) is 0 Å². The van der Waals surface area contributed by atoms with Crippen LogP contribution in [0.4, 0.5) is 4.79 Å². The molecule has 2 saturated carbocycles. The Kier molecular flexibility index (Phi) is 3.82. The standard InChI is InChI=1S/C16H19NO4/c18-15(19)12-6-11-8-14(13(11)7-12)17-16(20)21-9-10-4-2-1-3-5-10/h1-5,11-14H,6-9H2,(H,17,20)(H,18,19)/t11-,12?,13-,14+/m1/s1. The zero-order chi connectivity index (χ0) is 14.8. The van der Waals surface area contributed by atoms with Crippen molar-refractivity contribution in [1.82, 2.24) is 5.32 Å². The molecule has 1 aromatic rings. The minimum absolute atomic E-state index is 0.0719. The number of carbonyl (C=O) groups excluding carboxylic acids is 1. The van der Waals surface area contributed by atoms with E-state index < -0.39 is 12.1 Å². The first kappa shape index (κ1) is 13.9. The molecule has 0 bridgehead atoms. The fourth-order valence-electron chi connectivity index (χ4n) is 3.51. The van der Waals surface area contributed by atoms with E-state index in [2.05, 4.69) is 5.32 Å². The highest BCUT2D eigenvalue weighted by molar-refractivity contribution is 5.71. The van der Waals surface area contributed by atoms with Gasteiger partial charge in [0.2, 0.25) is 0 Å². The number of carbonyl (C=O) groups is 2. The number of nitrogens with one attached hydrogen (secondary N) is 1. The van der Waals surface area contributed by atoms with Crippen LogP contribution in [0.15, 0.2) is 30.3 Å². The predicted octanol–water partition coefficient (Wildman–Crippen LogP) is 2.41. The number of benzene rings is 1. The van der Waals surface area contributed by atoms with E-state index in [1.807, 2.05) is 30.3 Å². The second kappa shape index (κ2) is 5.76. The zero-order valence-corrected chi connectivity index (χ0v) is 11.7. The number of hydrogen-bond donors (Lipinski definition) is 2. The number of ether oxygens (including phenoxy) is 1. The molecule has 0 radical (unpaired) electrons. The van der Waals surface area contributed by atoms with Crippen molar-refractivity contribution in [2.75, 3.05) is 0 Å². The lowest BCUT2D eigenvalue weighted by Crippen LogP contribution is -2.50. The first-order valence-corrected chi connectivity index (χ1v) is 7.33. The molecule has 5 heteroatoms. The number of carboxylic acids is 1. The smallest absolute Gasteiger partial charge is 0.407 e. The van der Waals surface area contributed by atoms with Crippen LogP contribution in [0.2, 0.25) is 0 Å². The number of carboxylic acid groups (broad SMARTS) is 1. The molecule has 4 atom stereocenters. The maximum Gasteiger partial charge on any atom is 0.407 e. The first-order valence-electron chi connectivity index (χ1n) is 7.33. The third-order valence-electron chi connectivity index (χ3n) is 4.69. The molecule has 112 valence electrons. The Balaban J connectivity index is 1.43. The van der Waals surface area contributed by atoms with Crippen LogP contribution in [-0.2, 0) is 16.1 Å². The van der Waals surface area contributed by atoms with E-state index in [1.54, 1.807) is 0 Å². The van der Waals surface area contributed by atoms with E-state index in [0.717, 1.165) is 18.4 Å². The van der Waals surface area contributed by atoms with Crippen LogP contribution in [0.25, 0.3) is 0 Å². The van der Waals surface area contributed by atoms with Crippen molar-refractivity contribution in [3.05, 3.63) is 35.9 Å². The summed E-state index contributed by atoms with van der Waals surface area (Å²) in [7, 11) is 0. The Morgan fingerprint density at radius 3 is 2.67 bits per heavy atom. The van der Waals surface area contributed by atoms with Gasteiger partial charge in [-0.25, -0.2) is 4.79 Å². The molecular weight excluding hydrogens is 270 g/mol. The monoisotopic (exact) mass is 289 g/mol. The second-order valence-electron chi connectivity index (χ2n) is 5.98. The summed E-state index contributed by atoms with van der Waals surface area (Å²) >= 11 is 0. The van der Waals surface area contributed by atoms with Crippen molar-refractivity contribution < 1.29 is 19.4 Å². The average molecular weight is 289 g/mol. The number of hydrogen-bond acceptors (Lipinski definition) is 3. The topological polar surface area (TPSA) is 75.6 Å². The van der Waals surface area contributed by atoms with Gasteiger partial charge in [0.25, 0.3) is 0 Å². The van der Waals surface area contributed by atoms with Gasteiger partial charge in [-0.1, -0.05) is 30.3 Å². The summed E-state index contributed by atoms with van der Waals surface area (Å²) in [5.41, 5.74) is 0.950. The molecule has 2 fully saturated rings. The number of alkyl carbamates (subject to hydrolysis) is 1. The largest absolute Gasteiger partial charge is 0.481 e. The van der Waals surface area contributed by atoms with Gasteiger partial charge >= 0.3 is 12.1 Å². The van der Waals surface area contributed by atoms with E-state index in [1.165, 1.54) is 0 Å². The molecule has 2 aliphatic rings. The Labute approximate surface area is 123 Å². The molecule has 5 nitrogen and oxygen atoms in total. The molecular formula is C16H19NO4. The highest BCUT2D eigenvalue weighted by Gasteiger charge is 2.50. The molecule has 1 aromatic carbocycles. The molecule has 2 N–H and O–H groups in total. The van der Waals surface area contributed by atoms with Crippen molar-refractivity contribution in [3.8, 4) is 0 Å². The normalized spacial score (nSPS) is 30.1. The molecule has 0 aromatic heterocycles. The van der Waals surface area contributed by atoms with Crippen molar-refractivity contribution in [2.45, 2.75) is 31.9 Å². The van der Waals surface area contributed by atoms with Gasteiger partial charge in [-0.05, 0) is 36.7 Å². The Bertz CT molecular complexity index is 530. The predicted molar refractivity (Wildman–Crippen MR) is 75.5 cm³/mol. The molecule has 0 heterocycles. The van der Waals surface area contributed by atoms with Crippen LogP contribution < -0.4 is 5.32 Å². The minimum Gasteiger partial charge on any atom is -0.481 e. The average Bonchev–Trinajstić information content (AvgIpc) is 2.81. The minimum atomic E-state index is -0.713. The molecule has 3 rings (SSSR count). The van der Waals surface area contributed by atoms with E-state index in [9.17, 15) is 9.59 Å². The van der Waals surface area contributed by atoms with Crippen molar-refractivity contribution in [1.29, 1.82) is 0 Å². The van der Waals surface area contributed by atoms with E-state index >= 15 is 0 Å². The molecule has 0 spiro atoms. The summed E-state index contributed by atoms with van der Waals surface area (Å²) < 4.78 is 5.19. The molecule has 1 unspecified atom stereocenters. The van der Waals surface area contributed by atoms with Gasteiger partial charge in [-0.15, -0.1) is 0 Å². The number of rotatable bonds is 4. The van der Waals surface area contributed by atoms with Gasteiger partial charge in [0, 0.05) is 6.04 Å². The van der Waals surface area contributed by atoms with Crippen LogP contribution >= 0.6 is 0 Å². The van der Waals surface area contributed by atoms with E-state index in [-0.39, 0.29) is 18.6 Å². The van der Waals surface area contributed by atoms with Gasteiger partial charge in [-0.3, -0.25) is 4.79 Å². The molecule has 0 aliphatic heterocycles. The van der Waals surface area contributed by atoms with Crippen LogP contribution in [0, 0.1) is 17.8 Å². The van der Waals surface area contributed by atoms with Gasteiger partial charge < -0.3 is 15.2 Å². The third kappa shape index (κ3) is 3.01. The summed E-state index contributed by atoms with van der Waals surface area (Å²) in [5, 5.41) is 11.9. The summed E-state index contributed by atoms with van der Waals surface area (Å²) in [6, 6.07) is 9.59. The van der Waals surface area contributed by atoms with Crippen molar-refractivity contribution >= 4 is 12.1 Å². The molecule has 0 saturated heterocycles. The number of fused-ring (bicyclic) bond motifs is 1. The lowest BCUT2D eigenvalue weighted by molar-refractivity contribution is -0.141. The fourth-order valence-corrected chi connectivity index (χ4v) is 3.51. The Hall–Kier alpha value is -2.04. The lowest BCUT2D eigenvalue weighted by atomic mass is 9.71. The Morgan fingerprint density at radius 1 is 1.19 bits per heavy atom. The van der Waals surface area contributed by atoms with Crippen LogP contribution in [0.1, 0.15) is 24.8 Å². The summed E-state index contributed by atoms with van der Waals surface area (Å²) in [6.07, 6.45) is 1.87. The molecule has 21 heavy (non-hydrogen) atoms. The maximum atomic E-state index is 11.8. The second-order valence-corrected chi connectivity index (χ2v) is 5.98. The SMILES string of the molecule is O=C(N[C@H]1C[C@H]2CC(C(=O)O)C[C@H]21)OCc1ccccc1. The van der Waals surface area contributed by atoms with Crippen LogP contribution in [0.3, 0.4) is 0 Å². The highest BCUT2D eigenvalue weighted by Crippen LogP contribution is 2.49. The summed E-state index contributed by atoms with van der Waals surface area (Å²) in [5.74, 6) is -0.206.